The molecule has 1 aromatic carbocycles. The number of halogens is 2. The number of hydrogen-bond donors (Lipinski definition) is 2. The minimum absolute atomic E-state index is 0. The Labute approximate surface area is 154 Å². The standard InChI is InChI=1S/C17H24ClN3O2.ClH/c1-11(2)8-13(10-19)20-16(22)15-6-7-21(17(15)23)14-5-3-4-12(18)9-14;/h3-5,9,11,13,15H,6-8,10,19H2,1-2H3,(H,20,22);1H. The molecule has 0 spiro atoms. The van der Waals surface area contributed by atoms with E-state index in [-0.39, 0.29) is 30.3 Å². The molecule has 1 aliphatic rings. The summed E-state index contributed by atoms with van der Waals surface area (Å²) in [5.74, 6) is -0.609. The third kappa shape index (κ3) is 5.10. The van der Waals surface area contributed by atoms with E-state index in [4.69, 9.17) is 17.3 Å². The van der Waals surface area contributed by atoms with Crippen molar-refractivity contribution in [2.24, 2.45) is 17.6 Å². The van der Waals surface area contributed by atoms with Gasteiger partial charge in [-0.2, -0.15) is 0 Å². The van der Waals surface area contributed by atoms with Gasteiger partial charge in [-0.25, -0.2) is 0 Å². The van der Waals surface area contributed by atoms with Gasteiger partial charge in [-0.15, -0.1) is 12.4 Å². The lowest BCUT2D eigenvalue weighted by Crippen LogP contribution is -2.45. The minimum atomic E-state index is -0.643. The second-order valence-corrected chi connectivity index (χ2v) is 6.82. The van der Waals surface area contributed by atoms with E-state index in [2.05, 4.69) is 19.2 Å². The van der Waals surface area contributed by atoms with E-state index < -0.39 is 5.92 Å². The summed E-state index contributed by atoms with van der Waals surface area (Å²) in [7, 11) is 0. The highest BCUT2D eigenvalue weighted by Gasteiger charge is 2.38. The van der Waals surface area contributed by atoms with Crippen molar-refractivity contribution in [3.8, 4) is 0 Å². The smallest absolute Gasteiger partial charge is 0.239 e. The lowest BCUT2D eigenvalue weighted by atomic mass is 10.0. The summed E-state index contributed by atoms with van der Waals surface area (Å²) >= 11 is 5.97. The fraction of sp³-hybridized carbons (Fsp3) is 0.529. The molecule has 24 heavy (non-hydrogen) atoms. The summed E-state index contributed by atoms with van der Waals surface area (Å²) in [4.78, 5) is 26.6. The van der Waals surface area contributed by atoms with Gasteiger partial charge in [0.1, 0.15) is 5.92 Å². The molecule has 0 saturated carbocycles. The molecule has 5 nitrogen and oxygen atoms in total. The van der Waals surface area contributed by atoms with Gasteiger partial charge in [0.05, 0.1) is 0 Å². The van der Waals surface area contributed by atoms with Crippen molar-refractivity contribution in [2.75, 3.05) is 18.0 Å². The van der Waals surface area contributed by atoms with Crippen LogP contribution >= 0.6 is 24.0 Å². The van der Waals surface area contributed by atoms with Gasteiger partial charge in [0, 0.05) is 29.8 Å². The molecule has 2 atom stereocenters. The zero-order valence-electron chi connectivity index (χ0n) is 14.0. The fourth-order valence-electron chi connectivity index (χ4n) is 2.91. The van der Waals surface area contributed by atoms with Crippen LogP contribution in [0, 0.1) is 11.8 Å². The molecule has 0 bridgehead atoms. The second kappa shape index (κ2) is 9.25. The first-order valence-electron chi connectivity index (χ1n) is 7.99. The third-order valence-electron chi connectivity index (χ3n) is 4.03. The number of carbonyl (C=O) groups excluding carboxylic acids is 2. The molecule has 1 aromatic rings. The first-order valence-corrected chi connectivity index (χ1v) is 8.37. The van der Waals surface area contributed by atoms with Crippen LogP contribution in [-0.4, -0.2) is 30.9 Å². The Bertz CT molecular complexity index is 581. The van der Waals surface area contributed by atoms with Crippen molar-refractivity contribution in [3.05, 3.63) is 29.3 Å². The average molecular weight is 374 g/mol. The highest BCUT2D eigenvalue weighted by Crippen LogP contribution is 2.27. The van der Waals surface area contributed by atoms with Crippen molar-refractivity contribution in [1.29, 1.82) is 0 Å². The van der Waals surface area contributed by atoms with Crippen molar-refractivity contribution in [1.82, 2.24) is 5.32 Å². The van der Waals surface area contributed by atoms with Gasteiger partial charge in [-0.05, 0) is 37.0 Å². The van der Waals surface area contributed by atoms with Crippen LogP contribution in [0.5, 0.6) is 0 Å². The Morgan fingerprint density at radius 3 is 2.75 bits per heavy atom. The Kier molecular flexibility index (Phi) is 8.00. The number of nitrogens with one attached hydrogen (secondary N) is 1. The second-order valence-electron chi connectivity index (χ2n) is 6.38. The van der Waals surface area contributed by atoms with Gasteiger partial charge in [0.2, 0.25) is 11.8 Å². The molecule has 0 aliphatic carbocycles. The van der Waals surface area contributed by atoms with Gasteiger partial charge in [0.15, 0.2) is 0 Å². The summed E-state index contributed by atoms with van der Waals surface area (Å²) in [5.41, 5.74) is 6.44. The normalized spacial score (nSPS) is 18.5. The van der Waals surface area contributed by atoms with Crippen LogP contribution in [0.2, 0.25) is 5.02 Å². The van der Waals surface area contributed by atoms with E-state index in [1.165, 1.54) is 0 Å². The van der Waals surface area contributed by atoms with E-state index in [0.29, 0.717) is 30.5 Å². The van der Waals surface area contributed by atoms with Crippen LogP contribution in [0.4, 0.5) is 5.69 Å². The topological polar surface area (TPSA) is 75.4 Å². The SMILES string of the molecule is CC(C)CC(CN)NC(=O)C1CCN(c2cccc(Cl)c2)C1=O.Cl. The molecule has 1 saturated heterocycles. The molecule has 7 heteroatoms. The van der Waals surface area contributed by atoms with E-state index in [0.717, 1.165) is 12.1 Å². The first-order chi connectivity index (χ1) is 10.9. The van der Waals surface area contributed by atoms with E-state index >= 15 is 0 Å². The highest BCUT2D eigenvalue weighted by atomic mass is 35.5. The number of nitrogens with two attached hydrogens (primary N) is 1. The average Bonchev–Trinajstić information content (AvgIpc) is 2.87. The fourth-order valence-corrected chi connectivity index (χ4v) is 3.09. The maximum Gasteiger partial charge on any atom is 0.239 e. The predicted octanol–water partition coefficient (Wildman–Crippen LogP) is 2.60. The van der Waals surface area contributed by atoms with Crippen LogP contribution in [-0.2, 0) is 9.59 Å². The largest absolute Gasteiger partial charge is 0.351 e. The summed E-state index contributed by atoms with van der Waals surface area (Å²) in [6.07, 6.45) is 1.32. The number of carbonyl (C=O) groups is 2. The van der Waals surface area contributed by atoms with Gasteiger partial charge >= 0.3 is 0 Å². The van der Waals surface area contributed by atoms with Crippen LogP contribution in [0.15, 0.2) is 24.3 Å². The maximum atomic E-state index is 12.5. The first kappa shape index (κ1) is 20.7. The van der Waals surface area contributed by atoms with Crippen molar-refractivity contribution >= 4 is 41.5 Å². The Morgan fingerprint density at radius 2 is 2.17 bits per heavy atom. The summed E-state index contributed by atoms with van der Waals surface area (Å²) < 4.78 is 0. The Balaban J connectivity index is 0.00000288. The quantitative estimate of drug-likeness (QED) is 0.752. The number of benzene rings is 1. The summed E-state index contributed by atoms with van der Waals surface area (Å²) in [6, 6.07) is 7.03. The van der Waals surface area contributed by atoms with Crippen molar-refractivity contribution in [2.45, 2.75) is 32.7 Å². The van der Waals surface area contributed by atoms with Gasteiger partial charge < -0.3 is 16.0 Å². The highest BCUT2D eigenvalue weighted by molar-refractivity contribution is 6.31. The zero-order valence-corrected chi connectivity index (χ0v) is 15.6. The predicted molar refractivity (Wildman–Crippen MR) is 99.6 cm³/mol. The molecule has 134 valence electrons. The molecule has 2 amide bonds. The lowest BCUT2D eigenvalue weighted by Gasteiger charge is -2.21. The van der Waals surface area contributed by atoms with Crippen LogP contribution in [0.1, 0.15) is 26.7 Å². The van der Waals surface area contributed by atoms with E-state index in [9.17, 15) is 9.59 Å². The number of amides is 2. The summed E-state index contributed by atoms with van der Waals surface area (Å²) in [6.45, 7) is 5.06. The minimum Gasteiger partial charge on any atom is -0.351 e. The molecule has 0 aromatic heterocycles. The Hall–Kier alpha value is -1.30. The number of rotatable bonds is 6. The number of nitrogens with zero attached hydrogens (tertiary/aromatic N) is 1. The maximum absolute atomic E-state index is 12.5. The van der Waals surface area contributed by atoms with E-state index in [1.54, 1.807) is 23.1 Å². The lowest BCUT2D eigenvalue weighted by molar-refractivity contribution is -0.132. The van der Waals surface area contributed by atoms with Crippen LogP contribution in [0.25, 0.3) is 0 Å². The molecule has 1 heterocycles. The molecule has 1 fully saturated rings. The molecule has 2 rings (SSSR count). The van der Waals surface area contributed by atoms with E-state index in [1.807, 2.05) is 6.07 Å². The van der Waals surface area contributed by atoms with Gasteiger partial charge in [0.25, 0.3) is 0 Å². The molecule has 0 radical (unpaired) electrons. The van der Waals surface area contributed by atoms with Gasteiger partial charge in [-0.1, -0.05) is 31.5 Å². The molecule has 2 unspecified atom stereocenters. The van der Waals surface area contributed by atoms with Crippen molar-refractivity contribution in [3.63, 3.8) is 0 Å². The Morgan fingerprint density at radius 1 is 1.46 bits per heavy atom. The number of anilines is 1. The van der Waals surface area contributed by atoms with Crippen LogP contribution < -0.4 is 16.0 Å². The summed E-state index contributed by atoms with van der Waals surface area (Å²) in [5, 5.41) is 3.49. The molecule has 3 N–H and O–H groups in total. The monoisotopic (exact) mass is 373 g/mol. The van der Waals surface area contributed by atoms with Crippen LogP contribution in [0.3, 0.4) is 0 Å². The molecular weight excluding hydrogens is 349 g/mol. The third-order valence-corrected chi connectivity index (χ3v) is 4.26. The molecular formula is C17H25Cl2N3O2. The van der Waals surface area contributed by atoms with Crippen molar-refractivity contribution < 1.29 is 9.59 Å². The zero-order chi connectivity index (χ0) is 17.0. The number of hydrogen-bond acceptors (Lipinski definition) is 3. The van der Waals surface area contributed by atoms with Gasteiger partial charge in [-0.3, -0.25) is 9.59 Å². The molecule has 1 aliphatic heterocycles.